The third-order valence-electron chi connectivity index (χ3n) is 5.32. The topological polar surface area (TPSA) is 106 Å². The summed E-state index contributed by atoms with van der Waals surface area (Å²) in [7, 11) is 0. The summed E-state index contributed by atoms with van der Waals surface area (Å²) in [5.41, 5.74) is 2.69. The summed E-state index contributed by atoms with van der Waals surface area (Å²) >= 11 is 0. The molecule has 0 aliphatic rings. The molecule has 0 spiro atoms. The smallest absolute Gasteiger partial charge is 0.255 e. The van der Waals surface area contributed by atoms with E-state index in [2.05, 4.69) is 20.8 Å². The van der Waals surface area contributed by atoms with Crippen molar-refractivity contribution in [3.8, 4) is 17.1 Å². The van der Waals surface area contributed by atoms with Crippen LogP contribution in [0.1, 0.15) is 35.2 Å². The van der Waals surface area contributed by atoms with E-state index in [4.69, 9.17) is 9.26 Å². The molecular formula is C27H25FN4O4. The van der Waals surface area contributed by atoms with Crippen LogP contribution in [0.2, 0.25) is 0 Å². The van der Waals surface area contributed by atoms with Crippen molar-refractivity contribution >= 4 is 23.2 Å². The second kappa shape index (κ2) is 11.3. The fourth-order valence-electron chi connectivity index (χ4n) is 3.36. The number of aryl methyl sites for hydroxylation is 2. The van der Waals surface area contributed by atoms with E-state index in [1.54, 1.807) is 67.6 Å². The Hall–Kier alpha value is -4.53. The molecule has 2 amide bonds. The van der Waals surface area contributed by atoms with Crippen LogP contribution in [-0.4, -0.2) is 28.6 Å². The number of hydrogen-bond acceptors (Lipinski definition) is 6. The summed E-state index contributed by atoms with van der Waals surface area (Å²) in [6.07, 6.45) is 0.347. The maximum atomic E-state index is 13.8. The number of carbonyl (C=O) groups excluding carboxylic acids is 2. The minimum absolute atomic E-state index is 0.115. The van der Waals surface area contributed by atoms with Crippen molar-refractivity contribution in [2.24, 2.45) is 0 Å². The molecule has 3 aromatic carbocycles. The van der Waals surface area contributed by atoms with Gasteiger partial charge in [0.25, 0.3) is 5.91 Å². The van der Waals surface area contributed by atoms with Crippen LogP contribution in [0.15, 0.2) is 71.3 Å². The zero-order chi connectivity index (χ0) is 25.5. The Bertz CT molecular complexity index is 1350. The van der Waals surface area contributed by atoms with Crippen LogP contribution in [0.3, 0.4) is 0 Å². The van der Waals surface area contributed by atoms with Crippen molar-refractivity contribution in [1.82, 2.24) is 10.1 Å². The highest BCUT2D eigenvalue weighted by atomic mass is 19.1. The van der Waals surface area contributed by atoms with Crippen LogP contribution in [0.4, 0.5) is 15.8 Å². The van der Waals surface area contributed by atoms with Gasteiger partial charge in [-0.1, -0.05) is 17.3 Å². The number of amides is 2. The number of carbonyl (C=O) groups is 2. The molecule has 0 atom stereocenters. The van der Waals surface area contributed by atoms with Crippen molar-refractivity contribution in [3.63, 3.8) is 0 Å². The number of hydrogen-bond donors (Lipinski definition) is 2. The standard InChI is InChI=1S/C27H25FN4O4/c1-3-35-22-12-10-21(11-13-22)30-27(34)18-6-8-20(9-7-18)29-24(33)14-15-25-31-26(32-36-25)19-5-4-17(2)23(28)16-19/h4-13,16H,3,14-15H2,1-2H3,(H,29,33)(H,30,34). The summed E-state index contributed by atoms with van der Waals surface area (Å²) in [5.74, 6) is 0.418. The summed E-state index contributed by atoms with van der Waals surface area (Å²) < 4.78 is 24.3. The Morgan fingerprint density at radius 3 is 2.36 bits per heavy atom. The quantitative estimate of drug-likeness (QED) is 0.326. The number of halogens is 1. The number of rotatable bonds is 9. The Kier molecular flexibility index (Phi) is 7.69. The van der Waals surface area contributed by atoms with E-state index in [1.165, 1.54) is 6.07 Å². The van der Waals surface area contributed by atoms with Crippen molar-refractivity contribution in [2.45, 2.75) is 26.7 Å². The van der Waals surface area contributed by atoms with Gasteiger partial charge in [0.1, 0.15) is 11.6 Å². The summed E-state index contributed by atoms with van der Waals surface area (Å²) in [4.78, 5) is 29.1. The first-order valence-electron chi connectivity index (χ1n) is 11.4. The number of ether oxygens (including phenoxy) is 1. The Labute approximate surface area is 207 Å². The highest BCUT2D eigenvalue weighted by Gasteiger charge is 2.13. The molecule has 4 rings (SSSR count). The second-order valence-electron chi connectivity index (χ2n) is 8.01. The van der Waals surface area contributed by atoms with E-state index >= 15 is 0 Å². The molecule has 2 N–H and O–H groups in total. The third-order valence-corrected chi connectivity index (χ3v) is 5.32. The fraction of sp³-hybridized carbons (Fsp3) is 0.185. The lowest BCUT2D eigenvalue weighted by molar-refractivity contribution is -0.116. The van der Waals surface area contributed by atoms with Gasteiger partial charge in [0, 0.05) is 35.3 Å². The zero-order valence-electron chi connectivity index (χ0n) is 19.9. The molecule has 0 bridgehead atoms. The van der Waals surface area contributed by atoms with E-state index in [9.17, 15) is 14.0 Å². The van der Waals surface area contributed by atoms with Gasteiger partial charge in [-0.15, -0.1) is 0 Å². The average Bonchev–Trinajstić information content (AvgIpc) is 3.35. The molecule has 4 aromatic rings. The normalized spacial score (nSPS) is 10.6. The third kappa shape index (κ3) is 6.32. The Balaban J connectivity index is 1.27. The van der Waals surface area contributed by atoms with Crippen molar-refractivity contribution in [3.05, 3.63) is 89.6 Å². The first-order valence-corrected chi connectivity index (χ1v) is 11.4. The highest BCUT2D eigenvalue weighted by Crippen LogP contribution is 2.20. The van der Waals surface area contributed by atoms with Crippen LogP contribution >= 0.6 is 0 Å². The van der Waals surface area contributed by atoms with Gasteiger partial charge in [-0.3, -0.25) is 9.59 Å². The molecule has 0 fully saturated rings. The Morgan fingerprint density at radius 2 is 1.67 bits per heavy atom. The number of nitrogens with one attached hydrogen (secondary N) is 2. The maximum absolute atomic E-state index is 13.8. The lowest BCUT2D eigenvalue weighted by Crippen LogP contribution is -2.14. The molecule has 184 valence electrons. The Morgan fingerprint density at radius 1 is 0.972 bits per heavy atom. The average molecular weight is 489 g/mol. The first kappa shape index (κ1) is 24.6. The zero-order valence-corrected chi connectivity index (χ0v) is 19.9. The molecule has 8 nitrogen and oxygen atoms in total. The summed E-state index contributed by atoms with van der Waals surface area (Å²) in [6, 6.07) is 18.4. The number of aromatic nitrogens is 2. The van der Waals surface area contributed by atoms with Crippen LogP contribution in [0.25, 0.3) is 11.4 Å². The van der Waals surface area contributed by atoms with Gasteiger partial charge in [0.2, 0.25) is 17.6 Å². The van der Waals surface area contributed by atoms with E-state index in [0.717, 1.165) is 5.75 Å². The van der Waals surface area contributed by atoms with Gasteiger partial charge in [-0.05, 0) is 74.0 Å². The van der Waals surface area contributed by atoms with Gasteiger partial charge in [-0.25, -0.2) is 4.39 Å². The first-order chi connectivity index (χ1) is 17.4. The lowest BCUT2D eigenvalue weighted by Gasteiger charge is -2.08. The van der Waals surface area contributed by atoms with E-state index in [1.807, 2.05) is 6.92 Å². The molecule has 9 heteroatoms. The van der Waals surface area contributed by atoms with Crippen LogP contribution in [0, 0.1) is 12.7 Å². The summed E-state index contributed by atoms with van der Waals surface area (Å²) in [6.45, 7) is 4.15. The predicted octanol–water partition coefficient (Wildman–Crippen LogP) is 5.41. The monoisotopic (exact) mass is 488 g/mol. The van der Waals surface area contributed by atoms with Crippen LogP contribution < -0.4 is 15.4 Å². The predicted molar refractivity (Wildman–Crippen MR) is 133 cm³/mol. The fourth-order valence-corrected chi connectivity index (χ4v) is 3.36. The van der Waals surface area contributed by atoms with Gasteiger partial charge in [0.15, 0.2) is 0 Å². The number of nitrogens with zero attached hydrogens (tertiary/aromatic N) is 2. The highest BCUT2D eigenvalue weighted by molar-refractivity contribution is 6.04. The number of benzene rings is 3. The van der Waals surface area contributed by atoms with Crippen molar-refractivity contribution < 1.29 is 23.2 Å². The molecule has 36 heavy (non-hydrogen) atoms. The molecule has 1 aromatic heterocycles. The molecule has 0 unspecified atom stereocenters. The summed E-state index contributed by atoms with van der Waals surface area (Å²) in [5, 5.41) is 9.45. The van der Waals surface area contributed by atoms with Crippen LogP contribution in [-0.2, 0) is 11.2 Å². The minimum Gasteiger partial charge on any atom is -0.494 e. The molecule has 0 saturated heterocycles. The van der Waals surface area contributed by atoms with Crippen LogP contribution in [0.5, 0.6) is 5.75 Å². The van der Waals surface area contributed by atoms with E-state index in [-0.39, 0.29) is 42.2 Å². The molecular weight excluding hydrogens is 463 g/mol. The number of anilines is 2. The largest absolute Gasteiger partial charge is 0.494 e. The lowest BCUT2D eigenvalue weighted by atomic mass is 10.1. The minimum atomic E-state index is -0.349. The van der Waals surface area contributed by atoms with Gasteiger partial charge in [0.05, 0.1) is 6.61 Å². The van der Waals surface area contributed by atoms with E-state index in [0.29, 0.717) is 34.7 Å². The molecule has 0 aliphatic carbocycles. The maximum Gasteiger partial charge on any atom is 0.255 e. The van der Waals surface area contributed by atoms with E-state index < -0.39 is 0 Å². The SMILES string of the molecule is CCOc1ccc(NC(=O)c2ccc(NC(=O)CCc3nc(-c4ccc(C)c(F)c4)no3)cc2)cc1. The molecule has 0 aliphatic heterocycles. The van der Waals surface area contributed by atoms with Gasteiger partial charge >= 0.3 is 0 Å². The van der Waals surface area contributed by atoms with Crippen molar-refractivity contribution in [1.29, 1.82) is 0 Å². The second-order valence-corrected chi connectivity index (χ2v) is 8.01. The van der Waals surface area contributed by atoms with Gasteiger partial charge in [-0.2, -0.15) is 4.98 Å². The van der Waals surface area contributed by atoms with Crippen molar-refractivity contribution in [2.75, 3.05) is 17.2 Å². The van der Waals surface area contributed by atoms with Gasteiger partial charge < -0.3 is 19.9 Å². The molecule has 0 saturated carbocycles. The molecule has 0 radical (unpaired) electrons. The molecule has 1 heterocycles.